The van der Waals surface area contributed by atoms with Crippen LogP contribution in [-0.2, 0) is 65.4 Å². The lowest BCUT2D eigenvalue weighted by atomic mass is 10.00. The monoisotopic (exact) mass is 1300 g/mol. The Balaban J connectivity index is 5.26. The molecule has 17 nitrogen and oxygen atoms in total. The van der Waals surface area contributed by atoms with Gasteiger partial charge >= 0.3 is 39.5 Å². The molecule has 0 aliphatic carbocycles. The van der Waals surface area contributed by atoms with Gasteiger partial charge in [-0.15, -0.1) is 0 Å². The summed E-state index contributed by atoms with van der Waals surface area (Å²) < 4.78 is 68.2. The maximum atomic E-state index is 13.0. The third-order valence-corrected chi connectivity index (χ3v) is 18.1. The van der Waals surface area contributed by atoms with Gasteiger partial charge in [-0.25, -0.2) is 9.13 Å². The minimum atomic E-state index is -4.95. The highest BCUT2D eigenvalue weighted by atomic mass is 31.2. The number of unbranched alkanes of at least 4 members (excludes halogenated alkanes) is 34. The summed E-state index contributed by atoms with van der Waals surface area (Å²) in [6, 6.07) is 0. The Labute approximate surface area is 537 Å². The minimum Gasteiger partial charge on any atom is -0.462 e. The minimum absolute atomic E-state index is 0.106. The molecule has 0 amide bonds. The predicted octanol–water partition coefficient (Wildman–Crippen LogP) is 19.5. The molecule has 0 aliphatic heterocycles. The first-order valence-electron chi connectivity index (χ1n) is 35.9. The number of phosphoric ester groups is 2. The van der Waals surface area contributed by atoms with Crippen LogP contribution in [0.15, 0.2) is 0 Å². The van der Waals surface area contributed by atoms with Crippen LogP contribution in [0.3, 0.4) is 0 Å². The van der Waals surface area contributed by atoms with E-state index in [2.05, 4.69) is 48.5 Å². The van der Waals surface area contributed by atoms with Crippen LogP contribution in [0.4, 0.5) is 0 Å². The summed E-state index contributed by atoms with van der Waals surface area (Å²) in [5, 5.41) is 10.6. The fourth-order valence-corrected chi connectivity index (χ4v) is 11.9. The average Bonchev–Trinajstić information content (AvgIpc) is 3.50. The number of ether oxygens (including phenoxy) is 4. The van der Waals surface area contributed by atoms with Crippen LogP contribution < -0.4 is 0 Å². The van der Waals surface area contributed by atoms with E-state index in [1.54, 1.807) is 0 Å². The molecule has 3 N–H and O–H groups in total. The first kappa shape index (κ1) is 86.1. The van der Waals surface area contributed by atoms with Crippen molar-refractivity contribution < 1.29 is 80.2 Å². The Morgan fingerprint density at radius 3 is 0.864 bits per heavy atom. The van der Waals surface area contributed by atoms with Crippen molar-refractivity contribution in [3.05, 3.63) is 0 Å². The van der Waals surface area contributed by atoms with Gasteiger partial charge < -0.3 is 33.8 Å². The van der Waals surface area contributed by atoms with Crippen LogP contribution in [0.25, 0.3) is 0 Å². The molecule has 522 valence electrons. The predicted molar refractivity (Wildman–Crippen MR) is 354 cm³/mol. The van der Waals surface area contributed by atoms with Crippen molar-refractivity contribution in [2.24, 2.45) is 17.8 Å². The molecule has 88 heavy (non-hydrogen) atoms. The SMILES string of the molecule is CCCCCCCCCCCCCC(=O)O[C@H](COC(=O)CCCCCCCCC(C)CC)COP(=O)(O)OC[C@H](O)COP(=O)(O)OC[C@@H](COC(=O)CCCCCCCCCCCC(C)C)OC(=O)CCCCCCCCCCCCCCC(C)C. The lowest BCUT2D eigenvalue weighted by Crippen LogP contribution is -2.30. The number of carbonyl (C=O) groups excluding carboxylic acids is 4. The van der Waals surface area contributed by atoms with E-state index in [1.165, 1.54) is 148 Å². The van der Waals surface area contributed by atoms with E-state index in [9.17, 15) is 43.2 Å². The molecule has 0 spiro atoms. The molecule has 0 aliphatic rings. The van der Waals surface area contributed by atoms with Crippen molar-refractivity contribution in [1.82, 2.24) is 0 Å². The zero-order valence-electron chi connectivity index (χ0n) is 57.2. The molecular weight excluding hydrogens is 1160 g/mol. The van der Waals surface area contributed by atoms with Gasteiger partial charge in [-0.2, -0.15) is 0 Å². The van der Waals surface area contributed by atoms with Gasteiger partial charge in [0.15, 0.2) is 12.2 Å². The largest absolute Gasteiger partial charge is 0.472 e. The number of hydrogen-bond acceptors (Lipinski definition) is 15. The molecule has 6 atom stereocenters. The fraction of sp³-hybridized carbons (Fsp3) is 0.942. The van der Waals surface area contributed by atoms with Crippen LogP contribution >= 0.6 is 15.6 Å². The van der Waals surface area contributed by atoms with Crippen LogP contribution in [0.2, 0.25) is 0 Å². The van der Waals surface area contributed by atoms with E-state index in [1.807, 2.05) is 0 Å². The molecule has 0 aromatic rings. The van der Waals surface area contributed by atoms with Gasteiger partial charge in [-0.1, -0.05) is 292 Å². The maximum absolute atomic E-state index is 13.0. The Bertz CT molecular complexity index is 1730. The van der Waals surface area contributed by atoms with E-state index >= 15 is 0 Å². The van der Waals surface area contributed by atoms with Crippen molar-refractivity contribution in [2.75, 3.05) is 39.6 Å². The Morgan fingerprint density at radius 2 is 0.580 bits per heavy atom. The molecule has 0 radical (unpaired) electrons. The number of hydrogen-bond donors (Lipinski definition) is 3. The van der Waals surface area contributed by atoms with Gasteiger partial charge in [0.2, 0.25) is 0 Å². The summed E-state index contributed by atoms with van der Waals surface area (Å²) in [4.78, 5) is 72.5. The number of aliphatic hydroxyl groups excluding tert-OH is 1. The number of esters is 4. The van der Waals surface area contributed by atoms with E-state index < -0.39 is 97.5 Å². The molecule has 0 aromatic carbocycles. The number of carbonyl (C=O) groups is 4. The fourth-order valence-electron chi connectivity index (χ4n) is 10.3. The second-order valence-corrected chi connectivity index (χ2v) is 29.0. The molecule has 0 rings (SSSR count). The summed E-state index contributed by atoms with van der Waals surface area (Å²) in [5.41, 5.74) is 0. The summed E-state index contributed by atoms with van der Waals surface area (Å²) in [5.74, 6) is 0.124. The van der Waals surface area contributed by atoms with Crippen molar-refractivity contribution in [2.45, 2.75) is 362 Å². The second-order valence-electron chi connectivity index (χ2n) is 26.1. The average molecular weight is 1300 g/mol. The van der Waals surface area contributed by atoms with Gasteiger partial charge in [0, 0.05) is 25.7 Å². The smallest absolute Gasteiger partial charge is 0.462 e. The van der Waals surface area contributed by atoms with Crippen molar-refractivity contribution >= 4 is 39.5 Å². The zero-order chi connectivity index (χ0) is 65.2. The summed E-state index contributed by atoms with van der Waals surface area (Å²) in [7, 11) is -9.90. The molecule has 0 saturated heterocycles. The van der Waals surface area contributed by atoms with E-state index in [4.69, 9.17) is 37.0 Å². The highest BCUT2D eigenvalue weighted by Crippen LogP contribution is 2.45. The summed E-state index contributed by atoms with van der Waals surface area (Å²) >= 11 is 0. The van der Waals surface area contributed by atoms with Gasteiger partial charge in [0.1, 0.15) is 19.3 Å². The molecule has 0 fully saturated rings. The maximum Gasteiger partial charge on any atom is 0.472 e. The normalized spacial score (nSPS) is 14.5. The Kier molecular flexibility index (Phi) is 58.7. The second kappa shape index (κ2) is 60.0. The van der Waals surface area contributed by atoms with E-state index in [0.29, 0.717) is 25.7 Å². The molecule has 0 heterocycles. The van der Waals surface area contributed by atoms with Crippen molar-refractivity contribution in [1.29, 1.82) is 0 Å². The first-order valence-corrected chi connectivity index (χ1v) is 38.9. The summed E-state index contributed by atoms with van der Waals surface area (Å²) in [6.07, 6.45) is 43.0. The Hall–Kier alpha value is -1.94. The van der Waals surface area contributed by atoms with E-state index in [-0.39, 0.29) is 25.7 Å². The van der Waals surface area contributed by atoms with Crippen molar-refractivity contribution in [3.63, 3.8) is 0 Å². The molecule has 0 bridgehead atoms. The third-order valence-electron chi connectivity index (χ3n) is 16.2. The highest BCUT2D eigenvalue weighted by molar-refractivity contribution is 7.47. The van der Waals surface area contributed by atoms with Gasteiger partial charge in [-0.3, -0.25) is 37.3 Å². The van der Waals surface area contributed by atoms with Gasteiger partial charge in [-0.05, 0) is 43.4 Å². The lowest BCUT2D eigenvalue weighted by molar-refractivity contribution is -0.161. The van der Waals surface area contributed by atoms with Gasteiger partial charge in [0.05, 0.1) is 26.4 Å². The molecule has 0 aromatic heterocycles. The number of aliphatic hydroxyl groups is 1. The highest BCUT2D eigenvalue weighted by Gasteiger charge is 2.30. The number of rotatable bonds is 67. The van der Waals surface area contributed by atoms with Crippen molar-refractivity contribution in [3.8, 4) is 0 Å². The quantitative estimate of drug-likeness (QED) is 0.0222. The van der Waals surface area contributed by atoms with Gasteiger partial charge in [0.25, 0.3) is 0 Å². The lowest BCUT2D eigenvalue weighted by Gasteiger charge is -2.21. The number of phosphoric acid groups is 2. The molecule has 3 unspecified atom stereocenters. The summed E-state index contributed by atoms with van der Waals surface area (Å²) in [6.45, 7) is 11.8. The molecular formula is C69H134O17P2. The van der Waals surface area contributed by atoms with Crippen LogP contribution in [0.1, 0.15) is 344 Å². The standard InChI is InChI=1S/C69H134O17P2/c1-8-10-11-12-13-14-17-23-29-38-45-52-68(73)86-65(57-80-67(72)51-44-37-32-31-35-42-49-62(7)9-2)59-84-88(77,78)82-55-63(70)54-81-87(75,76)83-58-64(56-79-66(71)50-43-36-28-25-20-22-27-34-41-48-61(5)6)85-69(74)53-46-39-30-24-19-16-15-18-21-26-33-40-47-60(3)4/h60-65,70H,8-59H2,1-7H3,(H,75,76)(H,77,78)/t62?,63-,64-,65-/m1/s1. The Morgan fingerprint density at radius 1 is 0.330 bits per heavy atom. The topological polar surface area (TPSA) is 237 Å². The van der Waals surface area contributed by atoms with E-state index in [0.717, 1.165) is 114 Å². The van der Waals surface area contributed by atoms with Crippen LogP contribution in [0, 0.1) is 17.8 Å². The molecule has 19 heteroatoms. The zero-order valence-corrected chi connectivity index (χ0v) is 59.0. The van der Waals surface area contributed by atoms with Crippen LogP contribution in [-0.4, -0.2) is 96.7 Å². The molecule has 0 saturated carbocycles. The van der Waals surface area contributed by atoms with Crippen LogP contribution in [0.5, 0.6) is 0 Å². The third kappa shape index (κ3) is 61.6. The first-order chi connectivity index (χ1) is 42.3.